The second-order valence-corrected chi connectivity index (χ2v) is 6.94. The number of aryl methyl sites for hydroxylation is 1. The average molecular weight is 356 g/mol. The van der Waals surface area contributed by atoms with Crippen LogP contribution in [0, 0.1) is 12.7 Å². The van der Waals surface area contributed by atoms with Crippen molar-refractivity contribution in [2.45, 2.75) is 32.1 Å². The van der Waals surface area contributed by atoms with Gasteiger partial charge in [-0.15, -0.1) is 0 Å². The van der Waals surface area contributed by atoms with E-state index in [1.165, 1.54) is 6.07 Å². The molecular weight excluding hydrogens is 331 g/mol. The van der Waals surface area contributed by atoms with Crippen LogP contribution in [-0.2, 0) is 16.0 Å². The fraction of sp³-hybridized carbons (Fsp3) is 0.429. The van der Waals surface area contributed by atoms with E-state index >= 15 is 0 Å². The molecule has 0 spiro atoms. The van der Waals surface area contributed by atoms with Gasteiger partial charge in [0.15, 0.2) is 0 Å². The highest BCUT2D eigenvalue weighted by Crippen LogP contribution is 2.28. The first-order chi connectivity index (χ1) is 12.5. The number of likely N-dealkylation sites (tertiary alicyclic amines) is 1. The molecule has 0 unspecified atom stereocenters. The number of rotatable bonds is 5. The number of pyridine rings is 1. The summed E-state index contributed by atoms with van der Waals surface area (Å²) in [5.74, 6) is 0.198. The largest absolute Gasteiger partial charge is 0.375 e. The number of piperidine rings is 1. The van der Waals surface area contributed by atoms with E-state index < -0.39 is 0 Å². The maximum absolute atomic E-state index is 13.4. The lowest BCUT2D eigenvalue weighted by atomic mass is 9.91. The van der Waals surface area contributed by atoms with E-state index in [1.54, 1.807) is 19.2 Å². The number of amides is 1. The van der Waals surface area contributed by atoms with Crippen molar-refractivity contribution < 1.29 is 13.9 Å². The molecule has 1 fully saturated rings. The Morgan fingerprint density at radius 2 is 2.00 bits per heavy atom. The smallest absolute Gasteiger partial charge is 0.248 e. The van der Waals surface area contributed by atoms with Crippen LogP contribution in [0.4, 0.5) is 4.39 Å². The Hall–Kier alpha value is -2.27. The number of halogens is 1. The molecule has 1 aromatic carbocycles. The van der Waals surface area contributed by atoms with Gasteiger partial charge in [0.05, 0.1) is 0 Å². The van der Waals surface area contributed by atoms with E-state index in [4.69, 9.17) is 9.72 Å². The van der Waals surface area contributed by atoms with Gasteiger partial charge in [0.25, 0.3) is 0 Å². The molecule has 5 heteroatoms. The van der Waals surface area contributed by atoms with Gasteiger partial charge in [0.1, 0.15) is 12.4 Å². The highest BCUT2D eigenvalue weighted by molar-refractivity contribution is 5.77. The van der Waals surface area contributed by atoms with E-state index in [0.717, 1.165) is 48.4 Å². The molecule has 2 heterocycles. The van der Waals surface area contributed by atoms with E-state index in [9.17, 15) is 9.18 Å². The summed E-state index contributed by atoms with van der Waals surface area (Å²) in [6, 6.07) is 10.9. The molecule has 2 aromatic rings. The van der Waals surface area contributed by atoms with Gasteiger partial charge in [-0.3, -0.25) is 9.78 Å². The molecule has 1 aromatic heterocycles. The zero-order valence-corrected chi connectivity index (χ0v) is 15.4. The molecular formula is C21H25FN2O2. The van der Waals surface area contributed by atoms with Crippen LogP contribution in [-0.4, -0.2) is 42.6 Å². The molecule has 0 N–H and O–H groups in total. The summed E-state index contributed by atoms with van der Waals surface area (Å²) in [5.41, 5.74) is 4.17. The second kappa shape index (κ2) is 8.41. The van der Waals surface area contributed by atoms with Gasteiger partial charge in [-0.05, 0) is 61.6 Å². The van der Waals surface area contributed by atoms with Gasteiger partial charge in [-0.2, -0.15) is 0 Å². The van der Waals surface area contributed by atoms with E-state index in [-0.39, 0.29) is 18.3 Å². The molecule has 1 aliphatic rings. The Bertz CT molecular complexity index is 770. The lowest BCUT2D eigenvalue weighted by Gasteiger charge is -2.32. The fourth-order valence-corrected chi connectivity index (χ4v) is 3.60. The third-order valence-electron chi connectivity index (χ3n) is 4.86. The zero-order chi connectivity index (χ0) is 18.5. The van der Waals surface area contributed by atoms with Crippen LogP contribution < -0.4 is 0 Å². The minimum Gasteiger partial charge on any atom is -0.375 e. The van der Waals surface area contributed by atoms with Crippen molar-refractivity contribution in [1.29, 1.82) is 0 Å². The number of carbonyl (C=O) groups excluding carboxylic acids is 1. The Morgan fingerprint density at radius 1 is 1.23 bits per heavy atom. The molecule has 1 saturated heterocycles. The number of hydrogen-bond acceptors (Lipinski definition) is 3. The van der Waals surface area contributed by atoms with Crippen molar-refractivity contribution in [3.05, 3.63) is 64.7 Å². The van der Waals surface area contributed by atoms with Crippen LogP contribution in [0.25, 0.3) is 0 Å². The standard InChI is InChI=1S/C21H25FN2O2/c1-15-10-17(11-16-4-3-5-19(22)12-16)13-20(23-15)18-6-8-24(9-7-18)21(25)14-26-2/h3-5,10,12-13,18H,6-9,11,14H2,1-2H3. The predicted octanol–water partition coefficient (Wildman–Crippen LogP) is 3.47. The van der Waals surface area contributed by atoms with Crippen molar-refractivity contribution in [3.63, 3.8) is 0 Å². The number of carbonyl (C=O) groups is 1. The highest BCUT2D eigenvalue weighted by Gasteiger charge is 2.24. The van der Waals surface area contributed by atoms with Gasteiger partial charge < -0.3 is 9.64 Å². The fourth-order valence-electron chi connectivity index (χ4n) is 3.60. The lowest BCUT2D eigenvalue weighted by Crippen LogP contribution is -2.39. The number of ether oxygens (including phenoxy) is 1. The summed E-state index contributed by atoms with van der Waals surface area (Å²) in [6.45, 7) is 3.62. The zero-order valence-electron chi connectivity index (χ0n) is 15.4. The topological polar surface area (TPSA) is 42.4 Å². The Kier molecular flexibility index (Phi) is 5.99. The Balaban J connectivity index is 1.69. The molecule has 1 aliphatic heterocycles. The maximum Gasteiger partial charge on any atom is 0.248 e. The number of hydrogen-bond donors (Lipinski definition) is 0. The van der Waals surface area contributed by atoms with Crippen LogP contribution in [0.5, 0.6) is 0 Å². The van der Waals surface area contributed by atoms with E-state index in [0.29, 0.717) is 12.3 Å². The normalized spacial score (nSPS) is 15.3. The average Bonchev–Trinajstić information content (AvgIpc) is 2.61. The molecule has 1 amide bonds. The molecule has 0 saturated carbocycles. The molecule has 0 aliphatic carbocycles. The summed E-state index contributed by atoms with van der Waals surface area (Å²) in [6.07, 6.45) is 2.51. The first-order valence-corrected chi connectivity index (χ1v) is 9.04. The summed E-state index contributed by atoms with van der Waals surface area (Å²) in [4.78, 5) is 18.5. The monoisotopic (exact) mass is 356 g/mol. The van der Waals surface area contributed by atoms with Crippen LogP contribution in [0.15, 0.2) is 36.4 Å². The van der Waals surface area contributed by atoms with Gasteiger partial charge in [0, 0.05) is 37.5 Å². The minimum absolute atomic E-state index is 0.0509. The molecule has 0 radical (unpaired) electrons. The number of nitrogens with zero attached hydrogens (tertiary/aromatic N) is 2. The van der Waals surface area contributed by atoms with Crippen molar-refractivity contribution in [1.82, 2.24) is 9.88 Å². The van der Waals surface area contributed by atoms with Gasteiger partial charge in [-0.1, -0.05) is 12.1 Å². The van der Waals surface area contributed by atoms with Crippen LogP contribution in [0.3, 0.4) is 0 Å². The van der Waals surface area contributed by atoms with Gasteiger partial charge in [0.2, 0.25) is 5.91 Å². The third kappa shape index (κ3) is 4.67. The van der Waals surface area contributed by atoms with Crippen LogP contribution >= 0.6 is 0 Å². The Morgan fingerprint density at radius 3 is 2.69 bits per heavy atom. The molecule has 26 heavy (non-hydrogen) atoms. The van der Waals surface area contributed by atoms with Crippen molar-refractivity contribution in [3.8, 4) is 0 Å². The third-order valence-corrected chi connectivity index (χ3v) is 4.86. The quantitative estimate of drug-likeness (QED) is 0.824. The summed E-state index contributed by atoms with van der Waals surface area (Å²) in [5, 5.41) is 0. The lowest BCUT2D eigenvalue weighted by molar-refractivity contribution is -0.136. The molecule has 0 bridgehead atoms. The van der Waals surface area contributed by atoms with Crippen molar-refractivity contribution in [2.24, 2.45) is 0 Å². The number of methoxy groups -OCH3 is 1. The summed E-state index contributed by atoms with van der Waals surface area (Å²) < 4.78 is 18.4. The highest BCUT2D eigenvalue weighted by atomic mass is 19.1. The van der Waals surface area contributed by atoms with Crippen LogP contribution in [0.1, 0.15) is 41.3 Å². The Labute approximate surface area is 154 Å². The van der Waals surface area contributed by atoms with E-state index in [2.05, 4.69) is 12.1 Å². The first kappa shape index (κ1) is 18.5. The molecule has 0 atom stereocenters. The molecule has 138 valence electrons. The minimum atomic E-state index is -0.207. The summed E-state index contributed by atoms with van der Waals surface area (Å²) in [7, 11) is 1.54. The van der Waals surface area contributed by atoms with Crippen molar-refractivity contribution >= 4 is 5.91 Å². The number of benzene rings is 1. The molecule has 3 rings (SSSR count). The second-order valence-electron chi connectivity index (χ2n) is 6.94. The van der Waals surface area contributed by atoms with E-state index in [1.807, 2.05) is 17.9 Å². The number of aromatic nitrogens is 1. The molecule has 4 nitrogen and oxygen atoms in total. The van der Waals surface area contributed by atoms with Crippen molar-refractivity contribution in [2.75, 3.05) is 26.8 Å². The predicted molar refractivity (Wildman–Crippen MR) is 98.6 cm³/mol. The van der Waals surface area contributed by atoms with Gasteiger partial charge >= 0.3 is 0 Å². The maximum atomic E-state index is 13.4. The first-order valence-electron chi connectivity index (χ1n) is 9.04. The van der Waals surface area contributed by atoms with Crippen LogP contribution in [0.2, 0.25) is 0 Å². The SMILES string of the molecule is COCC(=O)N1CCC(c2cc(Cc3cccc(F)c3)cc(C)n2)CC1. The van der Waals surface area contributed by atoms with Gasteiger partial charge in [-0.25, -0.2) is 4.39 Å². The summed E-state index contributed by atoms with van der Waals surface area (Å²) >= 11 is 0.